The highest BCUT2D eigenvalue weighted by molar-refractivity contribution is 6.04. The Hall–Kier alpha value is -2.80. The fourth-order valence-electron chi connectivity index (χ4n) is 1.80. The highest BCUT2D eigenvalue weighted by atomic mass is 19.1. The van der Waals surface area contributed by atoms with Crippen LogP contribution < -0.4 is 11.1 Å². The van der Waals surface area contributed by atoms with E-state index in [9.17, 15) is 9.18 Å². The lowest BCUT2D eigenvalue weighted by Crippen LogP contribution is -2.12. The third-order valence-corrected chi connectivity index (χ3v) is 2.96. The summed E-state index contributed by atoms with van der Waals surface area (Å²) in [4.78, 5) is 12.2. The third kappa shape index (κ3) is 3.83. The molecule has 0 aliphatic rings. The monoisotopic (exact) mass is 282 g/mol. The van der Waals surface area contributed by atoms with E-state index in [1.165, 1.54) is 0 Å². The smallest absolute Gasteiger partial charge is 0.255 e. The van der Waals surface area contributed by atoms with Crippen LogP contribution in [-0.4, -0.2) is 12.6 Å². The molecule has 2 aromatic rings. The molecule has 0 aromatic heterocycles. The summed E-state index contributed by atoms with van der Waals surface area (Å²) in [6.45, 7) is 1.19. The fraction of sp³-hybridized carbons (Fsp3) is 0.118. The summed E-state index contributed by atoms with van der Waals surface area (Å²) in [7, 11) is 0. The normalized spacial score (nSPS) is 9.62. The van der Waals surface area contributed by atoms with Gasteiger partial charge < -0.3 is 11.1 Å². The molecule has 4 heteroatoms. The lowest BCUT2D eigenvalue weighted by molar-refractivity contribution is 0.102. The molecule has 0 radical (unpaired) electrons. The molecule has 106 valence electrons. The largest absolute Gasteiger partial charge is 0.398 e. The summed E-state index contributed by atoms with van der Waals surface area (Å²) < 4.78 is 12.0. The van der Waals surface area contributed by atoms with Gasteiger partial charge in [-0.2, -0.15) is 0 Å². The minimum atomic E-state index is -0.709. The Labute approximate surface area is 123 Å². The molecule has 2 aromatic carbocycles. The summed E-state index contributed by atoms with van der Waals surface area (Å²) in [6.07, 6.45) is 0. The highest BCUT2D eigenvalue weighted by Gasteiger charge is 2.07. The van der Waals surface area contributed by atoms with Crippen LogP contribution in [0.25, 0.3) is 0 Å². The van der Waals surface area contributed by atoms with Crippen LogP contribution in [-0.2, 0) is 0 Å². The van der Waals surface area contributed by atoms with Crippen molar-refractivity contribution in [1.82, 2.24) is 0 Å². The molecule has 0 fully saturated rings. The Morgan fingerprint density at radius 2 is 2.10 bits per heavy atom. The van der Waals surface area contributed by atoms with Crippen molar-refractivity contribution in [3.8, 4) is 11.8 Å². The molecule has 0 unspecified atom stereocenters. The van der Waals surface area contributed by atoms with Crippen LogP contribution in [0.2, 0.25) is 0 Å². The van der Waals surface area contributed by atoms with Gasteiger partial charge in [-0.15, -0.1) is 0 Å². The van der Waals surface area contributed by atoms with Crippen molar-refractivity contribution in [2.45, 2.75) is 6.92 Å². The van der Waals surface area contributed by atoms with Crippen molar-refractivity contribution in [3.63, 3.8) is 0 Å². The number of alkyl halides is 1. The maximum atomic E-state index is 12.2. The second kappa shape index (κ2) is 6.58. The second-order valence-corrected chi connectivity index (χ2v) is 4.54. The molecule has 0 saturated heterocycles. The molecular weight excluding hydrogens is 267 g/mol. The minimum absolute atomic E-state index is 0.262. The first-order chi connectivity index (χ1) is 10.1. The summed E-state index contributed by atoms with van der Waals surface area (Å²) in [6, 6.07) is 12.1. The van der Waals surface area contributed by atoms with Crippen LogP contribution in [0.15, 0.2) is 42.5 Å². The number of anilines is 2. The van der Waals surface area contributed by atoms with Gasteiger partial charge in [0.05, 0.1) is 0 Å². The van der Waals surface area contributed by atoms with Crippen LogP contribution in [0.1, 0.15) is 21.5 Å². The second-order valence-electron chi connectivity index (χ2n) is 4.54. The number of nitrogens with two attached hydrogens (primary N) is 1. The van der Waals surface area contributed by atoms with Crippen molar-refractivity contribution in [3.05, 3.63) is 59.2 Å². The standard InChI is InChI=1S/C17H15FN2O/c1-12-7-8-15(11-16(12)19)20-17(21)14-6-2-4-13(10-14)5-3-9-18/h2,4,6-8,10-11H,9,19H2,1H3,(H,20,21). The van der Waals surface area contributed by atoms with E-state index >= 15 is 0 Å². The molecule has 0 aliphatic carbocycles. The van der Waals surface area contributed by atoms with Gasteiger partial charge >= 0.3 is 0 Å². The van der Waals surface area contributed by atoms with Crippen LogP contribution in [0.5, 0.6) is 0 Å². The minimum Gasteiger partial charge on any atom is -0.398 e. The Morgan fingerprint density at radius 1 is 1.29 bits per heavy atom. The van der Waals surface area contributed by atoms with E-state index in [4.69, 9.17) is 5.73 Å². The van der Waals surface area contributed by atoms with E-state index in [0.29, 0.717) is 22.5 Å². The van der Waals surface area contributed by atoms with Gasteiger partial charge in [0, 0.05) is 22.5 Å². The van der Waals surface area contributed by atoms with E-state index < -0.39 is 6.67 Å². The molecule has 0 spiro atoms. The van der Waals surface area contributed by atoms with Gasteiger partial charge in [-0.25, -0.2) is 4.39 Å². The van der Waals surface area contributed by atoms with Gasteiger partial charge in [0.2, 0.25) is 0 Å². The number of hydrogen-bond acceptors (Lipinski definition) is 2. The number of carbonyl (C=O) groups excluding carboxylic acids is 1. The highest BCUT2D eigenvalue weighted by Crippen LogP contribution is 2.17. The Bertz CT molecular complexity index is 729. The molecule has 0 bridgehead atoms. The summed E-state index contributed by atoms with van der Waals surface area (Å²) >= 11 is 0. The number of hydrogen-bond donors (Lipinski definition) is 2. The number of amides is 1. The quantitative estimate of drug-likeness (QED) is 0.656. The van der Waals surface area contributed by atoms with E-state index in [0.717, 1.165) is 5.56 Å². The van der Waals surface area contributed by atoms with Crippen molar-refractivity contribution in [2.75, 3.05) is 17.7 Å². The predicted octanol–water partition coefficient (Wildman–Crippen LogP) is 3.15. The maximum Gasteiger partial charge on any atom is 0.255 e. The van der Waals surface area contributed by atoms with Gasteiger partial charge in [0.25, 0.3) is 5.91 Å². The topological polar surface area (TPSA) is 55.1 Å². The number of carbonyl (C=O) groups is 1. The maximum absolute atomic E-state index is 12.2. The summed E-state index contributed by atoms with van der Waals surface area (Å²) in [5.74, 6) is 4.71. The van der Waals surface area contributed by atoms with Crippen molar-refractivity contribution >= 4 is 17.3 Å². The molecular formula is C17H15FN2O. The zero-order valence-corrected chi connectivity index (χ0v) is 11.6. The third-order valence-electron chi connectivity index (χ3n) is 2.96. The predicted molar refractivity (Wildman–Crippen MR) is 82.8 cm³/mol. The Kier molecular flexibility index (Phi) is 4.57. The van der Waals surface area contributed by atoms with Crippen LogP contribution in [0.3, 0.4) is 0 Å². The average molecular weight is 282 g/mol. The van der Waals surface area contributed by atoms with E-state index in [1.807, 2.05) is 13.0 Å². The van der Waals surface area contributed by atoms with Gasteiger partial charge in [0.15, 0.2) is 6.67 Å². The number of rotatable bonds is 2. The van der Waals surface area contributed by atoms with E-state index in [-0.39, 0.29) is 5.91 Å². The first-order valence-electron chi connectivity index (χ1n) is 6.42. The molecule has 3 nitrogen and oxygen atoms in total. The van der Waals surface area contributed by atoms with Crippen LogP contribution >= 0.6 is 0 Å². The Balaban J connectivity index is 2.18. The molecule has 21 heavy (non-hydrogen) atoms. The van der Waals surface area contributed by atoms with Gasteiger partial charge in [-0.1, -0.05) is 24.0 Å². The molecule has 1 amide bonds. The summed E-state index contributed by atoms with van der Waals surface area (Å²) in [5.41, 5.74) is 9.07. The lowest BCUT2D eigenvalue weighted by atomic mass is 10.1. The first-order valence-corrected chi connectivity index (χ1v) is 6.42. The SMILES string of the molecule is Cc1ccc(NC(=O)c2cccc(C#CCF)c2)cc1N. The number of aryl methyl sites for hydroxylation is 1. The van der Waals surface area contributed by atoms with Crippen molar-refractivity contribution in [2.24, 2.45) is 0 Å². The van der Waals surface area contributed by atoms with Gasteiger partial charge in [-0.05, 0) is 42.8 Å². The molecule has 0 atom stereocenters. The number of nitrogens with one attached hydrogen (secondary N) is 1. The van der Waals surface area contributed by atoms with Crippen LogP contribution in [0.4, 0.5) is 15.8 Å². The number of halogens is 1. The van der Waals surface area contributed by atoms with Crippen molar-refractivity contribution < 1.29 is 9.18 Å². The lowest BCUT2D eigenvalue weighted by Gasteiger charge is -2.08. The molecule has 3 N–H and O–H groups in total. The Morgan fingerprint density at radius 3 is 2.81 bits per heavy atom. The average Bonchev–Trinajstić information content (AvgIpc) is 2.49. The first kappa shape index (κ1) is 14.6. The molecule has 0 heterocycles. The van der Waals surface area contributed by atoms with Crippen molar-refractivity contribution in [1.29, 1.82) is 0 Å². The van der Waals surface area contributed by atoms with Gasteiger partial charge in [0.1, 0.15) is 0 Å². The summed E-state index contributed by atoms with van der Waals surface area (Å²) in [5, 5.41) is 2.77. The van der Waals surface area contributed by atoms with Crippen LogP contribution in [0, 0.1) is 18.8 Å². The molecule has 2 rings (SSSR count). The zero-order valence-electron chi connectivity index (χ0n) is 11.6. The molecule has 0 saturated carbocycles. The van der Waals surface area contributed by atoms with Gasteiger partial charge in [-0.3, -0.25) is 4.79 Å². The number of benzene rings is 2. The zero-order chi connectivity index (χ0) is 15.2. The van der Waals surface area contributed by atoms with E-state index in [2.05, 4.69) is 17.2 Å². The molecule has 0 aliphatic heterocycles. The number of nitrogen functional groups attached to an aromatic ring is 1. The fourth-order valence-corrected chi connectivity index (χ4v) is 1.80. The van der Waals surface area contributed by atoms with E-state index in [1.54, 1.807) is 36.4 Å².